The van der Waals surface area contributed by atoms with Crippen molar-refractivity contribution >= 4 is 28.3 Å². The first kappa shape index (κ1) is 31.0. The highest BCUT2D eigenvalue weighted by Gasteiger charge is 2.33. The number of nitrogens with two attached hydrogens (primary N) is 1. The third-order valence-corrected chi connectivity index (χ3v) is 8.31. The molecule has 0 spiro atoms. The van der Waals surface area contributed by atoms with Gasteiger partial charge in [0, 0.05) is 38.5 Å². The van der Waals surface area contributed by atoms with Gasteiger partial charge >= 0.3 is 0 Å². The third kappa shape index (κ3) is 6.40. The van der Waals surface area contributed by atoms with Gasteiger partial charge in [-0.15, -0.1) is 0 Å². The highest BCUT2D eigenvalue weighted by Crippen LogP contribution is 2.37. The molecule has 1 aromatic carbocycles. The van der Waals surface area contributed by atoms with E-state index in [1.807, 2.05) is 63.1 Å². The first-order chi connectivity index (χ1) is 21.0. The summed E-state index contributed by atoms with van der Waals surface area (Å²) in [6.45, 7) is 6.91. The maximum atomic E-state index is 13.5. The van der Waals surface area contributed by atoms with Crippen molar-refractivity contribution < 1.29 is 19.1 Å². The first-order valence-corrected chi connectivity index (χ1v) is 15.0. The van der Waals surface area contributed by atoms with Crippen molar-refractivity contribution in [3.8, 4) is 11.8 Å². The van der Waals surface area contributed by atoms with Gasteiger partial charge in [0.2, 0.25) is 0 Å². The summed E-state index contributed by atoms with van der Waals surface area (Å²) in [5.74, 6) is -0.399. The Balaban J connectivity index is 1.49. The summed E-state index contributed by atoms with van der Waals surface area (Å²) in [6, 6.07) is 13.8. The standard InChI is InChI=1S/C33H40N6O5/c1-33(2,3)44-37-28(20-9-7-6-8-10-20)21-11-13-22(14-12-21)38(4)30-27(31(35)40)32(41)39(5)25-17-26(24(18-34)36-29(25)30)43-23-15-16-42-19-23/h6-10,17,21-23H,11-16,19H2,1-5H3,(H2,35,40)/b37-28+/t21-,22+,23?. The fourth-order valence-electron chi connectivity index (χ4n) is 6.01. The molecule has 2 N–H and O–H groups in total. The Labute approximate surface area is 257 Å². The first-order valence-electron chi connectivity index (χ1n) is 15.0. The minimum Gasteiger partial charge on any atom is -0.485 e. The maximum Gasteiger partial charge on any atom is 0.265 e. The zero-order chi connectivity index (χ0) is 31.6. The molecule has 0 radical (unpaired) electrons. The number of oxime groups is 1. The summed E-state index contributed by atoms with van der Waals surface area (Å²) in [7, 11) is 3.42. The molecular formula is C33H40N6O5. The number of aryl methyl sites for hydroxylation is 1. The van der Waals surface area contributed by atoms with Crippen LogP contribution in [-0.2, 0) is 16.6 Å². The Morgan fingerprint density at radius 3 is 2.48 bits per heavy atom. The van der Waals surface area contributed by atoms with E-state index < -0.39 is 17.1 Å². The van der Waals surface area contributed by atoms with E-state index >= 15 is 0 Å². The summed E-state index contributed by atoms with van der Waals surface area (Å²) < 4.78 is 12.8. The van der Waals surface area contributed by atoms with E-state index in [1.165, 1.54) is 4.57 Å². The van der Waals surface area contributed by atoms with Crippen molar-refractivity contribution in [2.45, 2.75) is 70.6 Å². The fraction of sp³-hybridized carbons (Fsp3) is 0.485. The fourth-order valence-corrected chi connectivity index (χ4v) is 6.01. The number of amides is 1. The molecule has 1 amide bonds. The van der Waals surface area contributed by atoms with Gasteiger partial charge in [0.05, 0.1) is 30.1 Å². The number of carbonyl (C=O) groups excluding carboxylic acids is 1. The van der Waals surface area contributed by atoms with E-state index in [4.69, 9.17) is 20.0 Å². The van der Waals surface area contributed by atoms with Gasteiger partial charge in [0.25, 0.3) is 11.5 Å². The number of nitriles is 1. The van der Waals surface area contributed by atoms with Crippen molar-refractivity contribution in [2.24, 2.45) is 23.9 Å². The average Bonchev–Trinajstić information content (AvgIpc) is 3.52. The van der Waals surface area contributed by atoms with Crippen LogP contribution in [0.15, 0.2) is 46.3 Å². The van der Waals surface area contributed by atoms with Crippen LogP contribution in [0.1, 0.15) is 74.5 Å². The van der Waals surface area contributed by atoms with Crippen molar-refractivity contribution in [1.29, 1.82) is 5.26 Å². The minimum absolute atomic E-state index is 0.0147. The Kier molecular flexibility index (Phi) is 8.92. The topological polar surface area (TPSA) is 145 Å². The lowest BCUT2D eigenvalue weighted by molar-refractivity contribution is -0.0000325. The monoisotopic (exact) mass is 600 g/mol. The molecule has 3 aromatic rings. The number of carbonyl (C=O) groups is 1. The quantitative estimate of drug-likeness (QED) is 0.298. The van der Waals surface area contributed by atoms with Crippen LogP contribution in [0.5, 0.6) is 5.75 Å². The zero-order valence-corrected chi connectivity index (χ0v) is 26.0. The molecular weight excluding hydrogens is 560 g/mol. The second kappa shape index (κ2) is 12.7. The number of hydrogen-bond donors (Lipinski definition) is 1. The van der Waals surface area contributed by atoms with Crippen LogP contribution in [0.3, 0.4) is 0 Å². The number of primary amides is 1. The number of nitrogens with zero attached hydrogens (tertiary/aromatic N) is 5. The Morgan fingerprint density at radius 2 is 1.89 bits per heavy atom. The second-order valence-corrected chi connectivity index (χ2v) is 12.5. The summed E-state index contributed by atoms with van der Waals surface area (Å²) in [5.41, 5.74) is 7.85. The number of aromatic nitrogens is 2. The van der Waals surface area contributed by atoms with Crippen molar-refractivity contribution in [3.63, 3.8) is 0 Å². The normalized spacial score (nSPS) is 20.7. The lowest BCUT2D eigenvalue weighted by Crippen LogP contribution is -2.40. The zero-order valence-electron chi connectivity index (χ0n) is 26.0. The number of benzene rings is 1. The molecule has 3 heterocycles. The number of ether oxygens (including phenoxy) is 2. The molecule has 2 aromatic heterocycles. The molecule has 11 heteroatoms. The van der Waals surface area contributed by atoms with Crippen LogP contribution >= 0.6 is 0 Å². The van der Waals surface area contributed by atoms with E-state index in [0.29, 0.717) is 36.4 Å². The van der Waals surface area contributed by atoms with Gasteiger partial charge in [-0.25, -0.2) is 4.98 Å². The summed E-state index contributed by atoms with van der Waals surface area (Å²) >= 11 is 0. The average molecular weight is 601 g/mol. The van der Waals surface area contributed by atoms with Crippen LogP contribution < -0.4 is 20.9 Å². The van der Waals surface area contributed by atoms with Gasteiger partial charge in [-0.05, 0) is 52.0 Å². The van der Waals surface area contributed by atoms with E-state index in [1.54, 1.807) is 13.1 Å². The smallest absolute Gasteiger partial charge is 0.265 e. The highest BCUT2D eigenvalue weighted by atomic mass is 16.6. The molecule has 1 aliphatic carbocycles. The molecule has 2 fully saturated rings. The number of hydrogen-bond acceptors (Lipinski definition) is 9. The molecule has 1 atom stereocenters. The second-order valence-electron chi connectivity index (χ2n) is 12.5. The molecule has 0 bridgehead atoms. The SMILES string of the molecule is Cn1c(=O)c(C(N)=O)c(N(C)[C@H]2CC[C@@H](/C(=N/OC(C)(C)C)c3ccccc3)CC2)c2nc(C#N)c(OC3CCOC3)cc21. The van der Waals surface area contributed by atoms with Gasteiger partial charge in [-0.1, -0.05) is 35.5 Å². The van der Waals surface area contributed by atoms with Crippen LogP contribution in [0.25, 0.3) is 11.0 Å². The van der Waals surface area contributed by atoms with Gasteiger partial charge in [-0.2, -0.15) is 5.26 Å². The van der Waals surface area contributed by atoms with E-state index in [0.717, 1.165) is 37.0 Å². The number of anilines is 1. The van der Waals surface area contributed by atoms with E-state index in [9.17, 15) is 14.9 Å². The summed E-state index contributed by atoms with van der Waals surface area (Å²) in [4.78, 5) is 38.8. The molecule has 44 heavy (non-hydrogen) atoms. The van der Waals surface area contributed by atoms with Crippen LogP contribution in [0.4, 0.5) is 5.69 Å². The number of pyridine rings is 2. The van der Waals surface area contributed by atoms with Crippen LogP contribution in [-0.4, -0.2) is 59.2 Å². The predicted molar refractivity (Wildman–Crippen MR) is 168 cm³/mol. The van der Waals surface area contributed by atoms with E-state index in [2.05, 4.69) is 16.2 Å². The molecule has 2 aliphatic rings. The van der Waals surface area contributed by atoms with E-state index in [-0.39, 0.29) is 35.1 Å². The highest BCUT2D eigenvalue weighted by molar-refractivity contribution is 6.06. The van der Waals surface area contributed by atoms with Gasteiger partial charge in [-0.3, -0.25) is 9.59 Å². The number of fused-ring (bicyclic) bond motifs is 1. The Hall–Kier alpha value is -4.43. The largest absolute Gasteiger partial charge is 0.485 e. The minimum atomic E-state index is -0.843. The van der Waals surface area contributed by atoms with Crippen molar-refractivity contribution in [3.05, 3.63) is 63.6 Å². The van der Waals surface area contributed by atoms with Crippen LogP contribution in [0.2, 0.25) is 0 Å². The predicted octanol–water partition coefficient (Wildman–Crippen LogP) is 4.29. The van der Waals surface area contributed by atoms with Gasteiger partial charge < -0.3 is 29.5 Å². The van der Waals surface area contributed by atoms with Gasteiger partial charge in [0.1, 0.15) is 28.9 Å². The van der Waals surface area contributed by atoms with Gasteiger partial charge in [0.15, 0.2) is 11.4 Å². The summed E-state index contributed by atoms with van der Waals surface area (Å²) in [5, 5.41) is 14.6. The molecule has 11 nitrogen and oxygen atoms in total. The summed E-state index contributed by atoms with van der Waals surface area (Å²) in [6.07, 6.45) is 3.67. The molecule has 1 saturated carbocycles. The number of rotatable bonds is 8. The van der Waals surface area contributed by atoms with Crippen molar-refractivity contribution in [1.82, 2.24) is 9.55 Å². The molecule has 1 unspecified atom stereocenters. The maximum absolute atomic E-state index is 13.5. The van der Waals surface area contributed by atoms with Crippen LogP contribution in [0, 0.1) is 17.2 Å². The molecule has 232 valence electrons. The molecule has 1 aliphatic heterocycles. The third-order valence-electron chi connectivity index (χ3n) is 8.31. The lowest BCUT2D eigenvalue weighted by Gasteiger charge is -2.37. The Bertz CT molecular complexity index is 1660. The molecule has 1 saturated heterocycles. The molecule has 5 rings (SSSR count). The lowest BCUT2D eigenvalue weighted by atomic mass is 9.80. The van der Waals surface area contributed by atoms with Crippen molar-refractivity contribution in [2.75, 3.05) is 25.2 Å². The Morgan fingerprint density at radius 1 is 1.18 bits per heavy atom.